The van der Waals surface area contributed by atoms with E-state index in [0.29, 0.717) is 18.3 Å². The molecule has 0 unspecified atom stereocenters. The lowest BCUT2D eigenvalue weighted by Gasteiger charge is -2.15. The van der Waals surface area contributed by atoms with E-state index in [1.54, 1.807) is 11.8 Å². The van der Waals surface area contributed by atoms with Gasteiger partial charge in [-0.05, 0) is 12.8 Å². The smallest absolute Gasteiger partial charge is 0.290 e. The summed E-state index contributed by atoms with van der Waals surface area (Å²) in [7, 11) is 3.49. The lowest BCUT2D eigenvalue weighted by Crippen LogP contribution is -2.26. The molecule has 0 saturated heterocycles. The average molecular weight is 225 g/mol. The van der Waals surface area contributed by atoms with Gasteiger partial charge in [-0.1, -0.05) is 12.8 Å². The molecule has 5 heteroatoms. The van der Waals surface area contributed by atoms with Crippen molar-refractivity contribution in [2.45, 2.75) is 38.3 Å². The maximum Gasteiger partial charge on any atom is 0.290 e. The Morgan fingerprint density at radius 1 is 1.44 bits per heavy atom. The van der Waals surface area contributed by atoms with Crippen LogP contribution in [0.1, 0.15) is 37.4 Å². The quantitative estimate of drug-likeness (QED) is 0.835. The van der Waals surface area contributed by atoms with Crippen molar-refractivity contribution in [2.75, 3.05) is 12.8 Å². The SMILES string of the molecule is COCc1c(N)c(=O)n(C2CCCC2)n1C. The van der Waals surface area contributed by atoms with Crippen LogP contribution in [0, 0.1) is 0 Å². The van der Waals surface area contributed by atoms with E-state index in [1.165, 1.54) is 12.8 Å². The molecular weight excluding hydrogens is 206 g/mol. The van der Waals surface area contributed by atoms with Gasteiger partial charge in [0.05, 0.1) is 18.3 Å². The number of methoxy groups -OCH3 is 1. The molecule has 1 aromatic rings. The van der Waals surface area contributed by atoms with Gasteiger partial charge in [-0.15, -0.1) is 0 Å². The summed E-state index contributed by atoms with van der Waals surface area (Å²) in [6.07, 6.45) is 4.54. The molecule has 1 heterocycles. The average Bonchev–Trinajstić information content (AvgIpc) is 2.83. The molecule has 1 saturated carbocycles. The molecule has 0 radical (unpaired) electrons. The van der Waals surface area contributed by atoms with Crippen LogP contribution in [-0.2, 0) is 18.4 Å². The number of aromatic nitrogens is 2. The van der Waals surface area contributed by atoms with Crippen molar-refractivity contribution in [3.63, 3.8) is 0 Å². The van der Waals surface area contributed by atoms with Crippen LogP contribution < -0.4 is 11.3 Å². The lowest BCUT2D eigenvalue weighted by atomic mass is 10.2. The summed E-state index contributed by atoms with van der Waals surface area (Å²) >= 11 is 0. The molecule has 0 spiro atoms. The van der Waals surface area contributed by atoms with Crippen LogP contribution in [0.2, 0.25) is 0 Å². The van der Waals surface area contributed by atoms with E-state index in [4.69, 9.17) is 10.5 Å². The first-order valence-electron chi connectivity index (χ1n) is 5.71. The molecule has 2 N–H and O–H groups in total. The lowest BCUT2D eigenvalue weighted by molar-refractivity contribution is 0.175. The Labute approximate surface area is 94.8 Å². The van der Waals surface area contributed by atoms with Gasteiger partial charge in [-0.2, -0.15) is 0 Å². The van der Waals surface area contributed by atoms with Crippen LogP contribution in [0.4, 0.5) is 5.69 Å². The molecule has 16 heavy (non-hydrogen) atoms. The van der Waals surface area contributed by atoms with Crippen molar-refractivity contribution in [2.24, 2.45) is 7.05 Å². The summed E-state index contributed by atoms with van der Waals surface area (Å²) in [6.45, 7) is 0.386. The van der Waals surface area contributed by atoms with Crippen molar-refractivity contribution in [3.05, 3.63) is 16.0 Å². The molecule has 90 valence electrons. The van der Waals surface area contributed by atoms with Gasteiger partial charge in [0.2, 0.25) is 0 Å². The van der Waals surface area contributed by atoms with Gasteiger partial charge in [0.25, 0.3) is 5.56 Å². The highest BCUT2D eigenvalue weighted by Crippen LogP contribution is 2.29. The van der Waals surface area contributed by atoms with Crippen molar-refractivity contribution in [1.82, 2.24) is 9.36 Å². The number of nitrogens with two attached hydrogens (primary N) is 1. The Morgan fingerprint density at radius 2 is 2.06 bits per heavy atom. The summed E-state index contributed by atoms with van der Waals surface area (Å²) in [5, 5.41) is 0. The summed E-state index contributed by atoms with van der Waals surface area (Å²) in [6, 6.07) is 0.311. The van der Waals surface area contributed by atoms with Crippen LogP contribution in [0.15, 0.2) is 4.79 Å². The number of ether oxygens (including phenoxy) is 1. The number of nitrogen functional groups attached to an aromatic ring is 1. The second-order valence-electron chi connectivity index (χ2n) is 4.40. The highest BCUT2D eigenvalue weighted by molar-refractivity contribution is 5.41. The van der Waals surface area contributed by atoms with Crippen molar-refractivity contribution in [1.29, 1.82) is 0 Å². The third-order valence-electron chi connectivity index (χ3n) is 3.41. The summed E-state index contributed by atoms with van der Waals surface area (Å²) in [5.41, 5.74) is 6.86. The molecule has 0 aromatic carbocycles. The van der Waals surface area contributed by atoms with E-state index < -0.39 is 0 Å². The third kappa shape index (κ3) is 1.65. The molecule has 1 aromatic heterocycles. The second kappa shape index (κ2) is 4.33. The standard InChI is InChI=1S/C11H19N3O2/c1-13-9(7-16-2)10(12)11(15)14(13)8-5-3-4-6-8/h8H,3-7,12H2,1-2H3. The molecule has 2 rings (SSSR count). The zero-order chi connectivity index (χ0) is 11.7. The number of anilines is 1. The van der Waals surface area contributed by atoms with E-state index in [0.717, 1.165) is 18.5 Å². The Bertz CT molecular complexity index is 427. The molecular formula is C11H19N3O2. The van der Waals surface area contributed by atoms with E-state index in [1.807, 2.05) is 11.7 Å². The minimum atomic E-state index is -0.0681. The summed E-state index contributed by atoms with van der Waals surface area (Å²) in [4.78, 5) is 12.0. The van der Waals surface area contributed by atoms with Gasteiger partial charge >= 0.3 is 0 Å². The largest absolute Gasteiger partial charge is 0.393 e. The fraction of sp³-hybridized carbons (Fsp3) is 0.727. The topological polar surface area (TPSA) is 62.2 Å². The van der Waals surface area contributed by atoms with Crippen molar-refractivity contribution < 1.29 is 4.74 Å². The van der Waals surface area contributed by atoms with Gasteiger partial charge in [0, 0.05) is 14.2 Å². The zero-order valence-electron chi connectivity index (χ0n) is 9.90. The van der Waals surface area contributed by atoms with Crippen molar-refractivity contribution in [3.8, 4) is 0 Å². The summed E-state index contributed by atoms with van der Waals surface area (Å²) in [5.74, 6) is 0. The molecule has 0 atom stereocenters. The maximum atomic E-state index is 12.0. The van der Waals surface area contributed by atoms with Crippen LogP contribution in [0.3, 0.4) is 0 Å². The Hall–Kier alpha value is -1.23. The zero-order valence-corrected chi connectivity index (χ0v) is 9.90. The van der Waals surface area contributed by atoms with Crippen molar-refractivity contribution >= 4 is 5.69 Å². The van der Waals surface area contributed by atoms with Gasteiger partial charge < -0.3 is 10.5 Å². The van der Waals surface area contributed by atoms with Gasteiger partial charge in [0.15, 0.2) is 0 Å². The molecule has 5 nitrogen and oxygen atoms in total. The van der Waals surface area contributed by atoms with Gasteiger partial charge in [0.1, 0.15) is 5.69 Å². The van der Waals surface area contributed by atoms with E-state index >= 15 is 0 Å². The highest BCUT2D eigenvalue weighted by Gasteiger charge is 2.24. The summed E-state index contributed by atoms with van der Waals surface area (Å²) < 4.78 is 8.71. The molecule has 0 bridgehead atoms. The highest BCUT2D eigenvalue weighted by atomic mass is 16.5. The Kier molecular flexibility index (Phi) is 3.05. The van der Waals surface area contributed by atoms with E-state index in [2.05, 4.69) is 0 Å². The van der Waals surface area contributed by atoms with Crippen LogP contribution in [0.25, 0.3) is 0 Å². The monoisotopic (exact) mass is 225 g/mol. The van der Waals surface area contributed by atoms with Crippen LogP contribution in [0.5, 0.6) is 0 Å². The first-order chi connectivity index (χ1) is 7.66. The number of rotatable bonds is 3. The van der Waals surface area contributed by atoms with Crippen LogP contribution in [-0.4, -0.2) is 16.5 Å². The number of hydrogen-bond donors (Lipinski definition) is 1. The van der Waals surface area contributed by atoms with Gasteiger partial charge in [-0.3, -0.25) is 9.48 Å². The normalized spacial score (nSPS) is 17.1. The number of nitrogens with zero attached hydrogens (tertiary/aromatic N) is 2. The fourth-order valence-corrected chi connectivity index (χ4v) is 2.55. The van der Waals surface area contributed by atoms with E-state index in [9.17, 15) is 4.79 Å². The predicted octanol–water partition coefficient (Wildman–Crippen LogP) is 1.03. The molecule has 0 amide bonds. The molecule has 0 aliphatic heterocycles. The first-order valence-corrected chi connectivity index (χ1v) is 5.71. The second-order valence-corrected chi connectivity index (χ2v) is 4.40. The molecule has 1 aliphatic rings. The molecule has 1 aliphatic carbocycles. The van der Waals surface area contributed by atoms with E-state index in [-0.39, 0.29) is 5.56 Å². The fourth-order valence-electron chi connectivity index (χ4n) is 2.55. The third-order valence-corrected chi connectivity index (χ3v) is 3.41. The number of hydrogen-bond acceptors (Lipinski definition) is 3. The Morgan fingerprint density at radius 3 is 2.62 bits per heavy atom. The van der Waals surface area contributed by atoms with Gasteiger partial charge in [-0.25, -0.2) is 4.68 Å². The van der Waals surface area contributed by atoms with Crippen LogP contribution >= 0.6 is 0 Å². The maximum absolute atomic E-state index is 12.0. The first kappa shape index (κ1) is 11.3. The minimum absolute atomic E-state index is 0.0681. The Balaban J connectivity index is 2.44. The minimum Gasteiger partial charge on any atom is -0.393 e. The molecule has 1 fully saturated rings. The predicted molar refractivity (Wildman–Crippen MR) is 62.3 cm³/mol.